The molecule has 0 aliphatic heterocycles. The van der Waals surface area contributed by atoms with Crippen molar-refractivity contribution < 1.29 is 38.9 Å². The lowest BCUT2D eigenvalue weighted by Crippen LogP contribution is -2.64. The van der Waals surface area contributed by atoms with Crippen LogP contribution in [-0.2, 0) is 28.7 Å². The van der Waals surface area contributed by atoms with Crippen LogP contribution in [0, 0.1) is 0 Å². The SMILES string of the molecule is COC(N[C@H](C(=O)O)[C@@H](NC(OC)C(N)=O)C(=O)O)C(N)=O. The molecule has 0 spiro atoms. The van der Waals surface area contributed by atoms with Crippen LogP contribution in [0.1, 0.15) is 0 Å². The second-order valence-corrected chi connectivity index (χ2v) is 4.00. The molecular formula is C10H18N4O8. The smallest absolute Gasteiger partial charge is 0.323 e. The predicted molar refractivity (Wildman–Crippen MR) is 69.1 cm³/mol. The highest BCUT2D eigenvalue weighted by Gasteiger charge is 2.38. The molecule has 0 radical (unpaired) electrons. The van der Waals surface area contributed by atoms with E-state index in [-0.39, 0.29) is 0 Å². The number of carbonyl (C=O) groups is 4. The molecule has 0 bridgehead atoms. The number of carbonyl (C=O) groups excluding carboxylic acids is 2. The second-order valence-electron chi connectivity index (χ2n) is 4.00. The third-order valence-electron chi connectivity index (χ3n) is 2.52. The van der Waals surface area contributed by atoms with Crippen LogP contribution in [0.3, 0.4) is 0 Å². The number of hydrogen-bond acceptors (Lipinski definition) is 8. The Balaban J connectivity index is 5.35. The fourth-order valence-corrected chi connectivity index (χ4v) is 1.48. The Morgan fingerprint density at radius 3 is 1.23 bits per heavy atom. The Morgan fingerprint density at radius 1 is 0.818 bits per heavy atom. The molecule has 2 unspecified atom stereocenters. The zero-order valence-corrected chi connectivity index (χ0v) is 11.8. The van der Waals surface area contributed by atoms with Crippen molar-refractivity contribution in [2.24, 2.45) is 11.5 Å². The molecule has 0 aromatic rings. The van der Waals surface area contributed by atoms with Crippen LogP contribution < -0.4 is 22.1 Å². The molecule has 0 saturated carbocycles. The summed E-state index contributed by atoms with van der Waals surface area (Å²) < 4.78 is 9.22. The van der Waals surface area contributed by atoms with Crippen molar-refractivity contribution in [3.05, 3.63) is 0 Å². The molecule has 12 nitrogen and oxygen atoms in total. The molecule has 4 atom stereocenters. The number of aliphatic carboxylic acids is 2. The monoisotopic (exact) mass is 322 g/mol. The van der Waals surface area contributed by atoms with Crippen molar-refractivity contribution in [1.82, 2.24) is 10.6 Å². The van der Waals surface area contributed by atoms with Gasteiger partial charge in [-0.05, 0) is 0 Å². The number of carboxylic acid groups (broad SMARTS) is 2. The molecule has 126 valence electrons. The Kier molecular flexibility index (Phi) is 7.96. The minimum Gasteiger partial charge on any atom is -0.480 e. The van der Waals surface area contributed by atoms with E-state index >= 15 is 0 Å². The first-order chi connectivity index (χ1) is 10.1. The Hall–Kier alpha value is -2.28. The number of rotatable bonds is 11. The molecule has 0 aliphatic rings. The van der Waals surface area contributed by atoms with Crippen LogP contribution in [0.2, 0.25) is 0 Å². The summed E-state index contributed by atoms with van der Waals surface area (Å²) in [6, 6.07) is -3.74. The second kappa shape index (κ2) is 8.89. The normalized spacial score (nSPS) is 16.3. The number of primary amides is 2. The first-order valence-electron chi connectivity index (χ1n) is 5.77. The number of amides is 2. The number of methoxy groups -OCH3 is 2. The van der Waals surface area contributed by atoms with E-state index in [9.17, 15) is 19.2 Å². The van der Waals surface area contributed by atoms with Crippen LogP contribution in [0.25, 0.3) is 0 Å². The summed E-state index contributed by atoms with van der Waals surface area (Å²) in [6.45, 7) is 0. The van der Waals surface area contributed by atoms with Crippen molar-refractivity contribution in [3.8, 4) is 0 Å². The first kappa shape index (κ1) is 19.7. The summed E-state index contributed by atoms with van der Waals surface area (Å²) in [5.74, 6) is -5.39. The summed E-state index contributed by atoms with van der Waals surface area (Å²) in [7, 11) is 2.12. The van der Waals surface area contributed by atoms with Gasteiger partial charge in [-0.2, -0.15) is 0 Å². The summed E-state index contributed by atoms with van der Waals surface area (Å²) in [6.07, 6.45) is -3.11. The van der Waals surface area contributed by atoms with Crippen LogP contribution in [0.15, 0.2) is 0 Å². The molecule has 8 N–H and O–H groups in total. The van der Waals surface area contributed by atoms with E-state index in [1.165, 1.54) is 0 Å². The van der Waals surface area contributed by atoms with Gasteiger partial charge in [0, 0.05) is 14.2 Å². The maximum absolute atomic E-state index is 11.2. The maximum atomic E-state index is 11.2. The van der Waals surface area contributed by atoms with Crippen molar-refractivity contribution in [1.29, 1.82) is 0 Å². The molecule has 0 rings (SSSR count). The molecule has 2 amide bonds. The fraction of sp³-hybridized carbons (Fsp3) is 0.600. The van der Waals surface area contributed by atoms with Crippen LogP contribution in [0.5, 0.6) is 0 Å². The number of carboxylic acids is 2. The Morgan fingerprint density at radius 2 is 1.09 bits per heavy atom. The van der Waals surface area contributed by atoms with E-state index in [2.05, 4.69) is 20.1 Å². The third kappa shape index (κ3) is 5.61. The van der Waals surface area contributed by atoms with Gasteiger partial charge < -0.3 is 31.2 Å². The lowest BCUT2D eigenvalue weighted by atomic mass is 10.1. The van der Waals surface area contributed by atoms with Gasteiger partial charge in [-0.25, -0.2) is 0 Å². The molecule has 0 aromatic heterocycles. The summed E-state index contributed by atoms with van der Waals surface area (Å²) in [5.41, 5.74) is 9.92. The minimum atomic E-state index is -1.87. The molecule has 22 heavy (non-hydrogen) atoms. The quantitative estimate of drug-likeness (QED) is 0.203. The van der Waals surface area contributed by atoms with Crippen molar-refractivity contribution in [3.63, 3.8) is 0 Å². The van der Waals surface area contributed by atoms with E-state index in [4.69, 9.17) is 21.7 Å². The molecule has 0 aliphatic carbocycles. The van der Waals surface area contributed by atoms with Gasteiger partial charge in [0.1, 0.15) is 12.1 Å². The van der Waals surface area contributed by atoms with E-state index in [1.54, 1.807) is 0 Å². The number of nitrogens with one attached hydrogen (secondary N) is 2. The molecule has 0 heterocycles. The van der Waals surface area contributed by atoms with Gasteiger partial charge in [0.15, 0.2) is 12.5 Å². The highest BCUT2D eigenvalue weighted by molar-refractivity contribution is 5.87. The van der Waals surface area contributed by atoms with Crippen molar-refractivity contribution >= 4 is 23.8 Å². The Labute approximate surface area is 124 Å². The van der Waals surface area contributed by atoms with E-state index in [0.717, 1.165) is 14.2 Å². The van der Waals surface area contributed by atoms with Gasteiger partial charge in [-0.1, -0.05) is 0 Å². The summed E-state index contributed by atoms with van der Waals surface area (Å²) in [5, 5.41) is 22.4. The standard InChI is InChI=1S/C10H18N4O8/c1-21-7(5(11)15)13-3(9(17)18)4(10(19)20)14-8(22-2)6(12)16/h3-4,7-8,13-14H,1-2H3,(H2,11,15)(H2,12,16)(H,17,18)(H,19,20)/t3-,4+,7?,8?. The van der Waals surface area contributed by atoms with E-state index < -0.39 is 48.3 Å². The fourth-order valence-electron chi connectivity index (χ4n) is 1.48. The van der Waals surface area contributed by atoms with Gasteiger partial charge in [-0.15, -0.1) is 0 Å². The Bertz CT molecular complexity index is 403. The zero-order chi connectivity index (χ0) is 17.4. The van der Waals surface area contributed by atoms with E-state index in [1.807, 2.05) is 0 Å². The molecular weight excluding hydrogens is 304 g/mol. The van der Waals surface area contributed by atoms with Crippen LogP contribution >= 0.6 is 0 Å². The highest BCUT2D eigenvalue weighted by Crippen LogP contribution is 2.01. The van der Waals surface area contributed by atoms with Gasteiger partial charge in [-0.3, -0.25) is 29.8 Å². The lowest BCUT2D eigenvalue weighted by molar-refractivity contribution is -0.153. The summed E-state index contributed by atoms with van der Waals surface area (Å²) >= 11 is 0. The molecule has 0 fully saturated rings. The summed E-state index contributed by atoms with van der Waals surface area (Å²) in [4.78, 5) is 44.5. The van der Waals surface area contributed by atoms with Gasteiger partial charge in [0.2, 0.25) is 0 Å². The van der Waals surface area contributed by atoms with Gasteiger partial charge >= 0.3 is 11.9 Å². The van der Waals surface area contributed by atoms with Crippen molar-refractivity contribution in [2.45, 2.75) is 24.5 Å². The maximum Gasteiger partial charge on any atom is 0.323 e. The largest absolute Gasteiger partial charge is 0.480 e. The molecule has 12 heteroatoms. The van der Waals surface area contributed by atoms with Crippen LogP contribution in [-0.4, -0.2) is 72.7 Å². The average Bonchev–Trinajstić information content (AvgIpc) is 2.40. The minimum absolute atomic E-state index is 1.06. The topological polar surface area (TPSA) is 203 Å². The predicted octanol–water partition coefficient (Wildman–Crippen LogP) is -4.01. The highest BCUT2D eigenvalue weighted by atomic mass is 16.5. The van der Waals surface area contributed by atoms with Gasteiger partial charge in [0.25, 0.3) is 11.8 Å². The lowest BCUT2D eigenvalue weighted by Gasteiger charge is -2.27. The molecule has 0 aromatic carbocycles. The first-order valence-corrected chi connectivity index (χ1v) is 5.77. The number of nitrogens with two attached hydrogens (primary N) is 2. The number of ether oxygens (including phenoxy) is 2. The van der Waals surface area contributed by atoms with Crippen molar-refractivity contribution in [2.75, 3.05) is 14.2 Å². The average molecular weight is 322 g/mol. The van der Waals surface area contributed by atoms with Crippen LogP contribution in [0.4, 0.5) is 0 Å². The van der Waals surface area contributed by atoms with E-state index in [0.29, 0.717) is 0 Å². The number of hydrogen-bond donors (Lipinski definition) is 6. The zero-order valence-electron chi connectivity index (χ0n) is 11.8. The van der Waals surface area contributed by atoms with Gasteiger partial charge in [0.05, 0.1) is 0 Å². The molecule has 0 saturated heterocycles. The third-order valence-corrected chi connectivity index (χ3v) is 2.52.